The van der Waals surface area contributed by atoms with E-state index in [1.807, 2.05) is 0 Å². The molecule has 1 aliphatic heterocycles. The van der Waals surface area contributed by atoms with Crippen molar-refractivity contribution in [2.24, 2.45) is 0 Å². The Morgan fingerprint density at radius 3 is 1.70 bits per heavy atom. The maximum atomic E-state index is 8.44. The van der Waals surface area contributed by atoms with Crippen molar-refractivity contribution in [1.82, 2.24) is 0 Å². The minimum atomic E-state index is -2.08. The molecule has 1 aliphatic rings. The first-order valence-corrected chi connectivity index (χ1v) is 3.16. The van der Waals surface area contributed by atoms with Crippen LogP contribution < -0.4 is 5.11 Å². The highest BCUT2D eigenvalue weighted by molar-refractivity contribution is 5.50. The largest absolute Gasteiger partial charge is 0.565 e. The van der Waals surface area contributed by atoms with Gasteiger partial charge in [0.15, 0.2) is 0 Å². The Hall–Kier alpha value is -0.770. The molecule has 0 atom stereocenters. The lowest BCUT2D eigenvalue weighted by atomic mass is 10.2. The first kappa shape index (κ1) is 9.23. The summed E-state index contributed by atoms with van der Waals surface area (Å²) in [7, 11) is 4.53. The second-order valence-corrected chi connectivity index (χ2v) is 3.00. The maximum absolute atomic E-state index is 8.44. The summed E-state index contributed by atoms with van der Waals surface area (Å²) in [5, 5.41) is 15.3. The van der Waals surface area contributed by atoms with Gasteiger partial charge in [0.25, 0.3) is 0 Å². The van der Waals surface area contributed by atoms with E-state index >= 15 is 0 Å². The van der Waals surface area contributed by atoms with Gasteiger partial charge in [0.2, 0.25) is 6.16 Å². The van der Waals surface area contributed by atoms with Crippen molar-refractivity contribution >= 4 is 6.16 Å². The monoisotopic (exact) mass is 147 g/mol. The average Bonchev–Trinajstić information content (AvgIpc) is 1.60. The van der Waals surface area contributed by atoms with Crippen LogP contribution in [0.5, 0.6) is 0 Å². The highest BCUT2D eigenvalue weighted by Crippen LogP contribution is 2.10. The van der Waals surface area contributed by atoms with Crippen molar-refractivity contribution in [3.05, 3.63) is 0 Å². The van der Waals surface area contributed by atoms with E-state index in [9.17, 15) is 0 Å². The van der Waals surface area contributed by atoms with E-state index < -0.39 is 6.16 Å². The lowest BCUT2D eigenvalue weighted by Gasteiger charge is -2.37. The standard InChI is InChI=1S/C5H12N.CH2O3/c1-6(2)4-3-5-6;2-1(3)4/h3-5H2,1-2H3;(H2,2,3,4)/q+1;/p-1. The lowest BCUT2D eigenvalue weighted by Crippen LogP contribution is -2.50. The van der Waals surface area contributed by atoms with Crippen molar-refractivity contribution in [2.75, 3.05) is 27.2 Å². The zero-order chi connectivity index (χ0) is 8.20. The molecule has 1 fully saturated rings. The third kappa shape index (κ3) is 5.37. The van der Waals surface area contributed by atoms with Gasteiger partial charge in [-0.25, -0.2) is 0 Å². The predicted molar refractivity (Wildman–Crippen MR) is 34.5 cm³/mol. The van der Waals surface area contributed by atoms with Gasteiger partial charge < -0.3 is 19.5 Å². The summed E-state index contributed by atoms with van der Waals surface area (Å²) in [6.45, 7) is 2.78. The van der Waals surface area contributed by atoms with Crippen molar-refractivity contribution in [1.29, 1.82) is 0 Å². The molecule has 60 valence electrons. The summed E-state index contributed by atoms with van der Waals surface area (Å²) in [5.41, 5.74) is 0. The molecule has 1 N–H and O–H groups in total. The normalized spacial score (nSPS) is 19.8. The van der Waals surface area contributed by atoms with Gasteiger partial charge >= 0.3 is 0 Å². The highest BCUT2D eigenvalue weighted by atomic mass is 16.6. The topological polar surface area (TPSA) is 60.4 Å². The number of nitrogens with zero attached hydrogens (tertiary/aromatic N) is 1. The van der Waals surface area contributed by atoms with Crippen LogP contribution in [-0.2, 0) is 0 Å². The lowest BCUT2D eigenvalue weighted by molar-refractivity contribution is -0.927. The molecule has 0 bridgehead atoms. The molecule has 0 amide bonds. The Bertz CT molecular complexity index is 112. The number of hydrogen-bond donors (Lipinski definition) is 1. The molecule has 0 aliphatic carbocycles. The number of quaternary nitrogens is 1. The van der Waals surface area contributed by atoms with Crippen molar-refractivity contribution in [3.63, 3.8) is 0 Å². The van der Waals surface area contributed by atoms with Crippen LogP contribution >= 0.6 is 0 Å². The Balaban J connectivity index is 0.000000180. The van der Waals surface area contributed by atoms with E-state index in [0.717, 1.165) is 0 Å². The van der Waals surface area contributed by atoms with E-state index in [-0.39, 0.29) is 0 Å². The molecule has 4 nitrogen and oxygen atoms in total. The Morgan fingerprint density at radius 1 is 1.50 bits per heavy atom. The molecule has 1 rings (SSSR count). The van der Waals surface area contributed by atoms with Crippen LogP contribution in [0.15, 0.2) is 0 Å². The van der Waals surface area contributed by atoms with Crippen molar-refractivity contribution < 1.29 is 19.5 Å². The summed E-state index contributed by atoms with van der Waals surface area (Å²) < 4.78 is 1.25. The minimum absolute atomic E-state index is 1.25. The fraction of sp³-hybridized carbons (Fsp3) is 0.833. The van der Waals surface area contributed by atoms with E-state index in [2.05, 4.69) is 14.1 Å². The Labute approximate surface area is 60.3 Å². The average molecular weight is 147 g/mol. The molecule has 0 radical (unpaired) electrons. The van der Waals surface area contributed by atoms with Crippen LogP contribution in [0.25, 0.3) is 0 Å². The molecule has 0 aromatic rings. The molecule has 1 saturated heterocycles. The zero-order valence-corrected chi connectivity index (χ0v) is 6.33. The summed E-state index contributed by atoms with van der Waals surface area (Å²) in [5.74, 6) is 0. The number of likely N-dealkylation sites (tertiary alicyclic amines) is 1. The van der Waals surface area contributed by atoms with E-state index in [1.54, 1.807) is 0 Å². The van der Waals surface area contributed by atoms with Crippen LogP contribution in [0, 0.1) is 0 Å². The molecule has 0 spiro atoms. The predicted octanol–water partition coefficient (Wildman–Crippen LogP) is -0.646. The third-order valence-corrected chi connectivity index (χ3v) is 1.53. The zero-order valence-electron chi connectivity index (χ0n) is 6.33. The van der Waals surface area contributed by atoms with Crippen LogP contribution in [0.3, 0.4) is 0 Å². The third-order valence-electron chi connectivity index (χ3n) is 1.53. The second-order valence-electron chi connectivity index (χ2n) is 3.00. The molecule has 0 unspecified atom stereocenters. The van der Waals surface area contributed by atoms with Gasteiger partial charge in [0.05, 0.1) is 27.2 Å². The second kappa shape index (κ2) is 3.41. The number of carbonyl (C=O) groups is 1. The summed E-state index contributed by atoms with van der Waals surface area (Å²) in [6.07, 6.45) is -0.646. The van der Waals surface area contributed by atoms with Crippen LogP contribution in [0.4, 0.5) is 4.79 Å². The SMILES string of the molecule is C[N+]1(C)CCC1.O=C([O-])O. The van der Waals surface area contributed by atoms with Gasteiger partial charge in [-0.15, -0.1) is 0 Å². The van der Waals surface area contributed by atoms with Gasteiger partial charge in [-0.1, -0.05) is 0 Å². The van der Waals surface area contributed by atoms with E-state index in [4.69, 9.17) is 15.0 Å². The molecule has 0 aromatic heterocycles. The van der Waals surface area contributed by atoms with Crippen molar-refractivity contribution in [3.8, 4) is 0 Å². The van der Waals surface area contributed by atoms with Gasteiger partial charge in [-0.2, -0.15) is 0 Å². The molecule has 4 heteroatoms. The maximum Gasteiger partial charge on any atom is 0.249 e. The summed E-state index contributed by atoms with van der Waals surface area (Å²) in [6, 6.07) is 0. The molecular weight excluding hydrogens is 134 g/mol. The minimum Gasteiger partial charge on any atom is -0.565 e. The first-order valence-electron chi connectivity index (χ1n) is 3.16. The van der Waals surface area contributed by atoms with E-state index in [0.29, 0.717) is 0 Å². The molecular formula is C6H13NO3. The summed E-state index contributed by atoms with van der Waals surface area (Å²) >= 11 is 0. The molecule has 10 heavy (non-hydrogen) atoms. The van der Waals surface area contributed by atoms with Crippen LogP contribution in [0.1, 0.15) is 6.42 Å². The number of carboxylic acid groups (broad SMARTS) is 2. The molecule has 1 heterocycles. The number of hydrogen-bond acceptors (Lipinski definition) is 2. The first-order chi connectivity index (χ1) is 4.44. The smallest absolute Gasteiger partial charge is 0.249 e. The summed E-state index contributed by atoms with van der Waals surface area (Å²) in [4.78, 5) is 8.44. The van der Waals surface area contributed by atoms with Crippen molar-refractivity contribution in [2.45, 2.75) is 6.42 Å². The molecule has 0 aromatic carbocycles. The van der Waals surface area contributed by atoms with Crippen LogP contribution in [0.2, 0.25) is 0 Å². The van der Waals surface area contributed by atoms with Gasteiger partial charge in [-0.05, 0) is 0 Å². The van der Waals surface area contributed by atoms with Gasteiger partial charge in [0.1, 0.15) is 0 Å². The van der Waals surface area contributed by atoms with Gasteiger partial charge in [0, 0.05) is 6.42 Å². The van der Waals surface area contributed by atoms with E-state index in [1.165, 1.54) is 24.0 Å². The molecule has 0 saturated carbocycles. The van der Waals surface area contributed by atoms with Gasteiger partial charge in [-0.3, -0.25) is 0 Å². The van der Waals surface area contributed by atoms with Crippen LogP contribution in [-0.4, -0.2) is 42.9 Å². The fourth-order valence-electron chi connectivity index (χ4n) is 0.791. The quantitative estimate of drug-likeness (QED) is 0.463. The highest BCUT2D eigenvalue weighted by Gasteiger charge is 2.23. The Morgan fingerprint density at radius 2 is 1.70 bits per heavy atom. The fourth-order valence-corrected chi connectivity index (χ4v) is 0.791. The number of rotatable bonds is 0. The Kier molecular flexibility index (Phi) is 3.15.